The van der Waals surface area contributed by atoms with Crippen LogP contribution in [0.2, 0.25) is 0 Å². The summed E-state index contributed by atoms with van der Waals surface area (Å²) in [5, 5.41) is 0. The molecular formula is C13H19N5O4P+. The second-order valence-corrected chi connectivity index (χ2v) is 6.63. The summed E-state index contributed by atoms with van der Waals surface area (Å²) in [5.74, 6) is 0.0132. The van der Waals surface area contributed by atoms with Crippen LogP contribution in [-0.4, -0.2) is 30.5 Å². The SMILES string of the molecule is C/C=C/Cn1c[n+](C/C=C\CP(=O)(O)O)c2nc(N)[nH]c(=O)c21. The monoisotopic (exact) mass is 340 g/mol. The Kier molecular flexibility index (Phi) is 5.15. The van der Waals surface area contributed by atoms with Gasteiger partial charge in [-0.05, 0) is 6.92 Å². The molecule has 0 radical (unpaired) electrons. The highest BCUT2D eigenvalue weighted by Gasteiger charge is 2.20. The van der Waals surface area contributed by atoms with E-state index in [0.29, 0.717) is 24.3 Å². The minimum absolute atomic E-state index is 0.0132. The van der Waals surface area contributed by atoms with Crippen LogP contribution in [0.25, 0.3) is 11.2 Å². The van der Waals surface area contributed by atoms with E-state index in [1.165, 1.54) is 6.08 Å². The molecule has 10 heteroatoms. The van der Waals surface area contributed by atoms with Gasteiger partial charge in [0.1, 0.15) is 0 Å². The molecule has 0 bridgehead atoms. The predicted molar refractivity (Wildman–Crippen MR) is 85.8 cm³/mol. The first kappa shape index (κ1) is 17.1. The number of hydrogen-bond acceptors (Lipinski definition) is 4. The number of nitrogens with two attached hydrogens (primary N) is 1. The molecule has 0 spiro atoms. The first-order valence-corrected chi connectivity index (χ1v) is 8.70. The molecule has 23 heavy (non-hydrogen) atoms. The lowest BCUT2D eigenvalue weighted by molar-refractivity contribution is -0.663. The number of H-pyrrole nitrogens is 1. The molecule has 0 aromatic carbocycles. The van der Waals surface area contributed by atoms with Crippen molar-refractivity contribution >= 4 is 24.7 Å². The third-order valence-corrected chi connectivity index (χ3v) is 3.77. The summed E-state index contributed by atoms with van der Waals surface area (Å²) < 4.78 is 14.2. The summed E-state index contributed by atoms with van der Waals surface area (Å²) in [6, 6.07) is 0. The summed E-state index contributed by atoms with van der Waals surface area (Å²) in [6.45, 7) is 2.70. The number of rotatable bonds is 6. The van der Waals surface area contributed by atoms with Gasteiger partial charge in [0, 0.05) is 0 Å². The molecule has 9 nitrogen and oxygen atoms in total. The van der Waals surface area contributed by atoms with Crippen LogP contribution in [0.1, 0.15) is 6.92 Å². The number of anilines is 1. The highest BCUT2D eigenvalue weighted by molar-refractivity contribution is 7.51. The van der Waals surface area contributed by atoms with E-state index in [9.17, 15) is 9.36 Å². The summed E-state index contributed by atoms with van der Waals surface area (Å²) in [7, 11) is -4.06. The van der Waals surface area contributed by atoms with Crippen LogP contribution in [-0.2, 0) is 17.7 Å². The molecule has 2 heterocycles. The minimum Gasteiger partial charge on any atom is -0.355 e. The van der Waals surface area contributed by atoms with E-state index in [1.54, 1.807) is 21.5 Å². The van der Waals surface area contributed by atoms with Gasteiger partial charge in [-0.1, -0.05) is 29.3 Å². The molecule has 0 aliphatic heterocycles. The number of imidazole rings is 1. The summed E-state index contributed by atoms with van der Waals surface area (Å²) in [5.41, 5.74) is 6.06. The van der Waals surface area contributed by atoms with Gasteiger partial charge in [-0.15, -0.1) is 0 Å². The zero-order chi connectivity index (χ0) is 17.0. The van der Waals surface area contributed by atoms with Crippen molar-refractivity contribution in [2.45, 2.75) is 20.0 Å². The number of nitrogens with zero attached hydrogens (tertiary/aromatic N) is 3. The van der Waals surface area contributed by atoms with E-state index in [1.807, 2.05) is 19.1 Å². The molecule has 0 aliphatic carbocycles. The van der Waals surface area contributed by atoms with Crippen LogP contribution in [0.5, 0.6) is 0 Å². The Labute approximate surface area is 131 Å². The van der Waals surface area contributed by atoms with Gasteiger partial charge < -0.3 is 15.5 Å². The van der Waals surface area contributed by atoms with Crippen molar-refractivity contribution in [1.82, 2.24) is 14.5 Å². The number of allylic oxidation sites excluding steroid dienone is 4. The molecule has 2 rings (SSSR count). The van der Waals surface area contributed by atoms with Crippen LogP contribution < -0.4 is 15.9 Å². The summed E-state index contributed by atoms with van der Waals surface area (Å²) >= 11 is 0. The van der Waals surface area contributed by atoms with E-state index >= 15 is 0 Å². The second kappa shape index (κ2) is 6.91. The van der Waals surface area contributed by atoms with Crippen LogP contribution in [0.3, 0.4) is 0 Å². The fraction of sp³-hybridized carbons (Fsp3) is 0.308. The third-order valence-electron chi connectivity index (χ3n) is 3.08. The molecule has 0 fully saturated rings. The van der Waals surface area contributed by atoms with Gasteiger partial charge in [0.25, 0.3) is 11.5 Å². The highest BCUT2D eigenvalue weighted by Crippen LogP contribution is 2.33. The van der Waals surface area contributed by atoms with Gasteiger partial charge in [-0.3, -0.25) is 18.9 Å². The molecule has 0 unspecified atom stereocenters. The van der Waals surface area contributed by atoms with E-state index in [-0.39, 0.29) is 17.7 Å². The molecule has 2 aromatic rings. The standard InChI is InChI=1S/C13H18N5O4P/c1-2-3-6-17-9-18(7-4-5-8-23(20,21)22)11-10(17)12(19)16-13(14)15-11/h2-5,9H,6-8H2,1H3,(H4-,14,15,16,19,20,21,22)/p+1/b3-2+,5-4-. The first-order valence-electron chi connectivity index (χ1n) is 6.90. The maximum atomic E-state index is 12.1. The first-order chi connectivity index (χ1) is 10.8. The number of hydrogen-bond donors (Lipinski definition) is 4. The largest absolute Gasteiger partial charge is 0.355 e. The molecule has 0 saturated carbocycles. The maximum absolute atomic E-state index is 12.1. The molecule has 0 amide bonds. The number of nitrogen functional groups attached to an aromatic ring is 1. The fourth-order valence-electron chi connectivity index (χ4n) is 2.10. The molecule has 0 saturated heterocycles. The molecule has 124 valence electrons. The zero-order valence-electron chi connectivity index (χ0n) is 12.6. The van der Waals surface area contributed by atoms with Crippen LogP contribution >= 0.6 is 7.60 Å². The average molecular weight is 340 g/mol. The van der Waals surface area contributed by atoms with E-state index < -0.39 is 7.60 Å². The quantitative estimate of drug-likeness (QED) is 0.329. The van der Waals surface area contributed by atoms with Gasteiger partial charge in [0.15, 0.2) is 6.33 Å². The van der Waals surface area contributed by atoms with Crippen LogP contribution in [0.4, 0.5) is 5.95 Å². The highest BCUT2D eigenvalue weighted by atomic mass is 31.2. The van der Waals surface area contributed by atoms with Gasteiger partial charge in [0.05, 0.1) is 19.3 Å². The number of nitrogens with one attached hydrogen (secondary N) is 1. The van der Waals surface area contributed by atoms with Crippen molar-refractivity contribution < 1.29 is 18.9 Å². The van der Waals surface area contributed by atoms with E-state index in [0.717, 1.165) is 0 Å². The summed E-state index contributed by atoms with van der Waals surface area (Å²) in [6.07, 6.45) is 8.16. The van der Waals surface area contributed by atoms with Gasteiger partial charge in [-0.2, -0.15) is 0 Å². The smallest absolute Gasteiger partial charge is 0.329 e. The Morgan fingerprint density at radius 3 is 2.83 bits per heavy atom. The lowest BCUT2D eigenvalue weighted by atomic mass is 10.4. The Hall–Kier alpha value is -2.22. The van der Waals surface area contributed by atoms with Gasteiger partial charge >= 0.3 is 13.2 Å². The Balaban J connectivity index is 2.39. The topological polar surface area (TPSA) is 138 Å². The van der Waals surface area contributed by atoms with E-state index in [2.05, 4.69) is 9.97 Å². The number of fused-ring (bicyclic) bond motifs is 1. The Morgan fingerprint density at radius 2 is 2.17 bits per heavy atom. The maximum Gasteiger partial charge on any atom is 0.329 e. The Morgan fingerprint density at radius 1 is 1.43 bits per heavy atom. The van der Waals surface area contributed by atoms with Gasteiger partial charge in [-0.25, -0.2) is 4.57 Å². The van der Waals surface area contributed by atoms with Crippen LogP contribution in [0.15, 0.2) is 35.4 Å². The second-order valence-electron chi connectivity index (χ2n) is 4.93. The molecule has 0 atom stereocenters. The molecule has 2 aromatic heterocycles. The van der Waals surface area contributed by atoms with Crippen LogP contribution in [0, 0.1) is 0 Å². The molecule has 0 aliphatic rings. The fourth-order valence-corrected chi connectivity index (χ4v) is 2.53. The normalized spacial score (nSPS) is 12.8. The van der Waals surface area contributed by atoms with Crippen molar-refractivity contribution in [3.8, 4) is 0 Å². The summed E-state index contributed by atoms with van der Waals surface area (Å²) in [4.78, 5) is 36.4. The lowest BCUT2D eigenvalue weighted by Gasteiger charge is -1.97. The molecular weight excluding hydrogens is 321 g/mol. The zero-order valence-corrected chi connectivity index (χ0v) is 13.5. The molecule has 5 N–H and O–H groups in total. The van der Waals surface area contributed by atoms with Crippen molar-refractivity contribution in [2.75, 3.05) is 11.9 Å². The lowest BCUT2D eigenvalue weighted by Crippen LogP contribution is -2.32. The third kappa shape index (κ3) is 4.38. The van der Waals surface area contributed by atoms with Crippen molar-refractivity contribution in [2.24, 2.45) is 0 Å². The predicted octanol–water partition coefficient (Wildman–Crippen LogP) is -0.0957. The van der Waals surface area contributed by atoms with Gasteiger partial charge in [0.2, 0.25) is 5.52 Å². The average Bonchev–Trinajstić information content (AvgIpc) is 2.78. The minimum atomic E-state index is -4.06. The number of aromatic amines is 1. The number of aromatic nitrogens is 4. The Bertz CT molecular complexity index is 861. The van der Waals surface area contributed by atoms with Crippen molar-refractivity contribution in [1.29, 1.82) is 0 Å². The van der Waals surface area contributed by atoms with Crippen molar-refractivity contribution in [3.63, 3.8) is 0 Å². The van der Waals surface area contributed by atoms with E-state index in [4.69, 9.17) is 15.5 Å². The van der Waals surface area contributed by atoms with Crippen molar-refractivity contribution in [3.05, 3.63) is 41.0 Å².